The highest BCUT2D eigenvalue weighted by Crippen LogP contribution is 2.16. The number of hydrogen-bond acceptors (Lipinski definition) is 4. The number of urea groups is 1. The Bertz CT molecular complexity index is 877. The van der Waals surface area contributed by atoms with Crippen LogP contribution in [0.1, 0.15) is 24.0 Å². The van der Waals surface area contributed by atoms with E-state index in [4.69, 9.17) is 0 Å². The van der Waals surface area contributed by atoms with Gasteiger partial charge in [0.05, 0.1) is 6.42 Å². The summed E-state index contributed by atoms with van der Waals surface area (Å²) in [6.07, 6.45) is 2.32. The molecule has 0 atom stereocenters. The van der Waals surface area contributed by atoms with Crippen LogP contribution in [0.3, 0.4) is 0 Å². The molecule has 2 aromatic rings. The van der Waals surface area contributed by atoms with Crippen molar-refractivity contribution in [3.05, 3.63) is 65.7 Å². The third kappa shape index (κ3) is 6.74. The van der Waals surface area contributed by atoms with Crippen molar-refractivity contribution in [1.82, 2.24) is 15.1 Å². The normalized spacial score (nSPS) is 17.7. The first-order chi connectivity index (χ1) is 15.7. The van der Waals surface area contributed by atoms with Crippen molar-refractivity contribution in [2.45, 2.75) is 31.8 Å². The van der Waals surface area contributed by atoms with Crippen LogP contribution in [-0.2, 0) is 17.8 Å². The second-order valence-electron chi connectivity index (χ2n) is 8.50. The summed E-state index contributed by atoms with van der Waals surface area (Å²) in [6.45, 7) is 4.62. The average molecular weight is 453 g/mol. The fraction of sp³-hybridized carbons (Fsp3) is 0.440. The van der Waals surface area contributed by atoms with Crippen LogP contribution < -0.4 is 10.6 Å². The van der Waals surface area contributed by atoms with Gasteiger partial charge in [0, 0.05) is 56.0 Å². The molecule has 0 radical (unpaired) electrons. The molecule has 2 aliphatic rings. The monoisotopic (exact) mass is 452 g/mol. The van der Waals surface area contributed by atoms with Crippen molar-refractivity contribution in [2.24, 2.45) is 0 Å². The molecule has 2 fully saturated rings. The summed E-state index contributed by atoms with van der Waals surface area (Å²) in [5.41, 5.74) is 3.05. The van der Waals surface area contributed by atoms with Gasteiger partial charge in [0.1, 0.15) is 0 Å². The van der Waals surface area contributed by atoms with Gasteiger partial charge in [-0.1, -0.05) is 42.5 Å². The number of amides is 3. The lowest BCUT2D eigenvalue weighted by Crippen LogP contribution is -2.45. The minimum atomic E-state index is -0.166. The maximum Gasteiger partial charge on any atom is 0.319 e. The van der Waals surface area contributed by atoms with Crippen LogP contribution in [-0.4, -0.2) is 65.5 Å². The number of rotatable bonds is 6. The van der Waals surface area contributed by atoms with E-state index >= 15 is 0 Å². The van der Waals surface area contributed by atoms with Gasteiger partial charge in [0.15, 0.2) is 0 Å². The van der Waals surface area contributed by atoms with Gasteiger partial charge in [-0.3, -0.25) is 9.69 Å². The van der Waals surface area contributed by atoms with Gasteiger partial charge >= 0.3 is 6.03 Å². The largest absolute Gasteiger partial charge is 0.341 e. The van der Waals surface area contributed by atoms with E-state index in [1.165, 1.54) is 5.56 Å². The van der Waals surface area contributed by atoms with Crippen LogP contribution in [0, 0.1) is 0 Å². The van der Waals surface area contributed by atoms with Crippen LogP contribution >= 0.6 is 11.8 Å². The Balaban J connectivity index is 1.18. The number of benzene rings is 2. The summed E-state index contributed by atoms with van der Waals surface area (Å²) < 4.78 is 0. The van der Waals surface area contributed by atoms with Crippen LogP contribution in [0.2, 0.25) is 0 Å². The van der Waals surface area contributed by atoms with E-state index in [2.05, 4.69) is 39.8 Å². The zero-order valence-electron chi connectivity index (χ0n) is 18.5. The van der Waals surface area contributed by atoms with E-state index < -0.39 is 0 Å². The predicted molar refractivity (Wildman–Crippen MR) is 131 cm³/mol. The Morgan fingerprint density at radius 1 is 0.875 bits per heavy atom. The molecule has 6 nitrogen and oxygen atoms in total. The van der Waals surface area contributed by atoms with Crippen molar-refractivity contribution < 1.29 is 9.59 Å². The number of anilines is 1. The highest BCUT2D eigenvalue weighted by atomic mass is 32.2. The Labute approximate surface area is 194 Å². The third-order valence-corrected chi connectivity index (χ3v) is 7.05. The van der Waals surface area contributed by atoms with Gasteiger partial charge in [-0.05, 0) is 36.1 Å². The predicted octanol–water partition coefficient (Wildman–Crippen LogP) is 3.59. The van der Waals surface area contributed by atoms with Gasteiger partial charge in [-0.25, -0.2) is 4.79 Å². The maximum atomic E-state index is 12.4. The molecular weight excluding hydrogens is 420 g/mol. The number of thioether (sulfide) groups is 1. The molecule has 2 aliphatic heterocycles. The molecule has 3 amide bonds. The topological polar surface area (TPSA) is 64.7 Å². The van der Waals surface area contributed by atoms with E-state index in [9.17, 15) is 9.59 Å². The van der Waals surface area contributed by atoms with E-state index in [0.717, 1.165) is 68.3 Å². The molecule has 7 heteroatoms. The van der Waals surface area contributed by atoms with Crippen LogP contribution in [0.4, 0.5) is 10.5 Å². The molecule has 0 aliphatic carbocycles. The van der Waals surface area contributed by atoms with Crippen molar-refractivity contribution >= 4 is 29.4 Å². The quantitative estimate of drug-likeness (QED) is 0.703. The van der Waals surface area contributed by atoms with Crippen LogP contribution in [0.25, 0.3) is 0 Å². The number of carbonyl (C=O) groups excluding carboxylic acids is 2. The lowest BCUT2D eigenvalue weighted by molar-refractivity contribution is -0.130. The fourth-order valence-corrected chi connectivity index (χ4v) is 5.14. The number of likely N-dealkylation sites (tertiary alicyclic amines) is 1. The van der Waals surface area contributed by atoms with E-state index in [1.54, 1.807) is 0 Å². The Morgan fingerprint density at radius 3 is 2.25 bits per heavy atom. The van der Waals surface area contributed by atoms with Gasteiger partial charge < -0.3 is 15.5 Å². The van der Waals surface area contributed by atoms with Crippen LogP contribution in [0.15, 0.2) is 54.6 Å². The highest BCUT2D eigenvalue weighted by molar-refractivity contribution is 7.99. The van der Waals surface area contributed by atoms with Crippen molar-refractivity contribution in [2.75, 3.05) is 43.0 Å². The number of nitrogens with one attached hydrogen (secondary N) is 2. The summed E-state index contributed by atoms with van der Waals surface area (Å²) >= 11 is 1.90. The van der Waals surface area contributed by atoms with Gasteiger partial charge in [0.25, 0.3) is 0 Å². The Hall–Kier alpha value is -2.51. The van der Waals surface area contributed by atoms with Crippen LogP contribution in [0.5, 0.6) is 0 Å². The second-order valence-corrected chi connectivity index (χ2v) is 9.73. The van der Waals surface area contributed by atoms with Crippen molar-refractivity contribution in [3.63, 3.8) is 0 Å². The number of piperidine rings is 1. The summed E-state index contributed by atoms with van der Waals surface area (Å²) in [5, 5.41) is 6.02. The first-order valence-corrected chi connectivity index (χ1v) is 12.6. The zero-order valence-corrected chi connectivity index (χ0v) is 19.3. The summed E-state index contributed by atoms with van der Waals surface area (Å²) in [4.78, 5) is 29.2. The minimum absolute atomic E-state index is 0.166. The van der Waals surface area contributed by atoms with Gasteiger partial charge in [0.2, 0.25) is 5.91 Å². The third-order valence-electron chi connectivity index (χ3n) is 6.10. The van der Waals surface area contributed by atoms with E-state index in [-0.39, 0.29) is 18.0 Å². The Kier molecular flexibility index (Phi) is 8.07. The number of carbonyl (C=O) groups is 2. The SMILES string of the molecule is O=C(Nc1ccc(CC(=O)N2CCSCC2)cc1)NC1CCN(Cc2ccccc2)CC1. The Morgan fingerprint density at radius 2 is 1.56 bits per heavy atom. The van der Waals surface area contributed by atoms with E-state index in [1.807, 2.05) is 47.0 Å². The number of hydrogen-bond donors (Lipinski definition) is 2. The molecule has 2 N–H and O–H groups in total. The highest BCUT2D eigenvalue weighted by Gasteiger charge is 2.21. The van der Waals surface area contributed by atoms with E-state index in [0.29, 0.717) is 6.42 Å². The molecule has 0 aromatic heterocycles. The molecule has 0 saturated carbocycles. The molecule has 2 heterocycles. The molecule has 0 spiro atoms. The second kappa shape index (κ2) is 11.4. The minimum Gasteiger partial charge on any atom is -0.341 e. The molecule has 0 unspecified atom stereocenters. The molecule has 4 rings (SSSR count). The standard InChI is InChI=1S/C25H32N4O2S/c30-24(29-14-16-32-17-15-29)18-20-6-8-22(9-7-20)26-25(31)27-23-10-12-28(13-11-23)19-21-4-2-1-3-5-21/h1-9,23H,10-19H2,(H2,26,27,31). The summed E-state index contributed by atoms with van der Waals surface area (Å²) in [5.74, 6) is 2.23. The molecular formula is C25H32N4O2S. The molecule has 2 aromatic carbocycles. The molecule has 32 heavy (non-hydrogen) atoms. The smallest absolute Gasteiger partial charge is 0.319 e. The molecule has 2 saturated heterocycles. The zero-order chi connectivity index (χ0) is 22.2. The van der Waals surface area contributed by atoms with Crippen molar-refractivity contribution in [1.29, 1.82) is 0 Å². The lowest BCUT2D eigenvalue weighted by atomic mass is 10.0. The summed E-state index contributed by atoms with van der Waals surface area (Å²) in [7, 11) is 0. The summed E-state index contributed by atoms with van der Waals surface area (Å²) in [6, 6.07) is 18.1. The van der Waals surface area contributed by atoms with Crippen molar-refractivity contribution in [3.8, 4) is 0 Å². The molecule has 0 bridgehead atoms. The first-order valence-electron chi connectivity index (χ1n) is 11.4. The van der Waals surface area contributed by atoms with Gasteiger partial charge in [-0.2, -0.15) is 11.8 Å². The molecule has 170 valence electrons. The maximum absolute atomic E-state index is 12.4. The number of nitrogens with zero attached hydrogens (tertiary/aromatic N) is 2. The fourth-order valence-electron chi connectivity index (χ4n) is 4.23. The first kappa shape index (κ1) is 22.7. The van der Waals surface area contributed by atoms with Gasteiger partial charge in [-0.15, -0.1) is 0 Å². The lowest BCUT2D eigenvalue weighted by Gasteiger charge is -2.32. The average Bonchev–Trinajstić information content (AvgIpc) is 2.83.